The Labute approximate surface area is 67.7 Å². The average molecular weight is 163 g/mol. The van der Waals surface area contributed by atoms with E-state index < -0.39 is 0 Å². The largest absolute Gasteiger partial charge is 0.395 e. The van der Waals surface area contributed by atoms with E-state index in [-0.39, 0.29) is 6.61 Å². The molecule has 0 spiro atoms. The average Bonchev–Trinajstić information content (AvgIpc) is 2.03. The maximum Gasteiger partial charge on any atom is 0.0581 e. The molecule has 68 valence electrons. The predicted molar refractivity (Wildman–Crippen MR) is 42.2 cm³/mol. The number of hydrogen-bond donors (Lipinski definition) is 1. The molecule has 0 amide bonds. The second-order valence-corrected chi connectivity index (χ2v) is 2.18. The van der Waals surface area contributed by atoms with Crippen LogP contribution in [-0.4, -0.2) is 50.7 Å². The first kappa shape index (κ1) is 10.8. The summed E-state index contributed by atoms with van der Waals surface area (Å²) in [7, 11) is 3.27. The molecule has 0 saturated heterocycles. The summed E-state index contributed by atoms with van der Waals surface area (Å²) >= 11 is 0. The molecule has 0 aliphatic heterocycles. The smallest absolute Gasteiger partial charge is 0.0581 e. The molecule has 0 heterocycles. The van der Waals surface area contributed by atoms with Gasteiger partial charge in [-0.3, -0.25) is 0 Å². The van der Waals surface area contributed by atoms with E-state index in [1.807, 2.05) is 0 Å². The normalized spacial score (nSPS) is 10.9. The Balaban J connectivity index is 3.20. The van der Waals surface area contributed by atoms with Crippen molar-refractivity contribution in [3.05, 3.63) is 0 Å². The number of nitrogens with zero attached hydrogens (tertiary/aromatic N) is 1. The minimum Gasteiger partial charge on any atom is -0.395 e. The van der Waals surface area contributed by atoms with Crippen LogP contribution in [-0.2, 0) is 9.57 Å². The number of methoxy groups -OCH3 is 1. The van der Waals surface area contributed by atoms with Gasteiger partial charge in [-0.2, -0.15) is 5.06 Å². The molecule has 0 radical (unpaired) electrons. The van der Waals surface area contributed by atoms with E-state index in [0.29, 0.717) is 6.54 Å². The maximum absolute atomic E-state index is 8.57. The first-order valence-electron chi connectivity index (χ1n) is 3.74. The molecule has 4 heteroatoms. The summed E-state index contributed by atoms with van der Waals surface area (Å²) in [5.74, 6) is 0. The highest BCUT2D eigenvalue weighted by molar-refractivity contribution is 4.44. The third-order valence-corrected chi connectivity index (χ3v) is 1.36. The van der Waals surface area contributed by atoms with Crippen LogP contribution in [0.2, 0.25) is 0 Å². The van der Waals surface area contributed by atoms with Crippen LogP contribution < -0.4 is 0 Å². The number of hydrogen-bond acceptors (Lipinski definition) is 4. The van der Waals surface area contributed by atoms with Crippen LogP contribution >= 0.6 is 0 Å². The molecule has 0 rings (SSSR count). The van der Waals surface area contributed by atoms with Crippen LogP contribution in [0.1, 0.15) is 6.42 Å². The Kier molecular flexibility index (Phi) is 7.83. The standard InChI is InChI=1S/C7H17NO3/c1-10-7-3-4-8(11-2)5-6-9/h9H,3-7H2,1-2H3. The minimum absolute atomic E-state index is 0.126. The van der Waals surface area contributed by atoms with Gasteiger partial charge in [0.15, 0.2) is 0 Å². The molecule has 0 bridgehead atoms. The maximum atomic E-state index is 8.57. The topological polar surface area (TPSA) is 41.9 Å². The fraction of sp³-hybridized carbons (Fsp3) is 1.00. The molecule has 0 aliphatic carbocycles. The van der Waals surface area contributed by atoms with Crippen LogP contribution in [0.15, 0.2) is 0 Å². The van der Waals surface area contributed by atoms with Gasteiger partial charge in [-0.25, -0.2) is 0 Å². The third kappa shape index (κ3) is 6.25. The highest BCUT2D eigenvalue weighted by atomic mass is 16.7. The van der Waals surface area contributed by atoms with Crippen molar-refractivity contribution >= 4 is 0 Å². The molecule has 0 aliphatic rings. The molecule has 0 unspecified atom stereocenters. The highest BCUT2D eigenvalue weighted by Gasteiger charge is 2.00. The van der Waals surface area contributed by atoms with Gasteiger partial charge in [-0.15, -0.1) is 0 Å². The van der Waals surface area contributed by atoms with Crippen LogP contribution in [0.3, 0.4) is 0 Å². The quantitative estimate of drug-likeness (QED) is 0.419. The highest BCUT2D eigenvalue weighted by Crippen LogP contribution is 1.90. The molecule has 0 aromatic heterocycles. The van der Waals surface area contributed by atoms with Crippen molar-refractivity contribution in [1.82, 2.24) is 5.06 Å². The van der Waals surface area contributed by atoms with Crippen molar-refractivity contribution in [2.75, 3.05) is 40.5 Å². The fourth-order valence-corrected chi connectivity index (χ4v) is 0.791. The van der Waals surface area contributed by atoms with Crippen molar-refractivity contribution in [1.29, 1.82) is 0 Å². The zero-order valence-corrected chi connectivity index (χ0v) is 7.25. The van der Waals surface area contributed by atoms with E-state index in [9.17, 15) is 0 Å². The zero-order valence-electron chi connectivity index (χ0n) is 7.25. The summed E-state index contributed by atoms with van der Waals surface area (Å²) in [6.07, 6.45) is 0.921. The third-order valence-electron chi connectivity index (χ3n) is 1.36. The van der Waals surface area contributed by atoms with Gasteiger partial charge in [0.1, 0.15) is 0 Å². The predicted octanol–water partition coefficient (Wildman–Crippen LogP) is -0.121. The van der Waals surface area contributed by atoms with Crippen LogP contribution in [0, 0.1) is 0 Å². The summed E-state index contributed by atoms with van der Waals surface area (Å²) in [4.78, 5) is 4.96. The first-order chi connectivity index (χ1) is 5.35. The second-order valence-electron chi connectivity index (χ2n) is 2.18. The van der Waals surface area contributed by atoms with Gasteiger partial charge in [-0.05, 0) is 6.42 Å². The lowest BCUT2D eigenvalue weighted by Crippen LogP contribution is -2.27. The van der Waals surface area contributed by atoms with E-state index in [2.05, 4.69) is 0 Å². The Morgan fingerprint density at radius 3 is 2.45 bits per heavy atom. The number of rotatable bonds is 7. The van der Waals surface area contributed by atoms with Crippen molar-refractivity contribution in [3.63, 3.8) is 0 Å². The van der Waals surface area contributed by atoms with Crippen molar-refractivity contribution in [2.45, 2.75) is 6.42 Å². The molecular weight excluding hydrogens is 146 g/mol. The Hall–Kier alpha value is -0.160. The summed E-state index contributed by atoms with van der Waals surface area (Å²) < 4.78 is 4.87. The lowest BCUT2D eigenvalue weighted by atomic mass is 10.4. The van der Waals surface area contributed by atoms with E-state index in [1.165, 1.54) is 0 Å². The van der Waals surface area contributed by atoms with E-state index in [1.54, 1.807) is 19.3 Å². The first-order valence-corrected chi connectivity index (χ1v) is 3.74. The summed E-state index contributed by atoms with van der Waals surface area (Å²) in [6.45, 7) is 2.21. The van der Waals surface area contributed by atoms with Gasteiger partial charge in [0.2, 0.25) is 0 Å². The monoisotopic (exact) mass is 163 g/mol. The van der Waals surface area contributed by atoms with Crippen molar-refractivity contribution in [2.24, 2.45) is 0 Å². The van der Waals surface area contributed by atoms with Gasteiger partial charge in [0.25, 0.3) is 0 Å². The Morgan fingerprint density at radius 1 is 1.27 bits per heavy atom. The second kappa shape index (κ2) is 7.94. The van der Waals surface area contributed by atoms with E-state index in [4.69, 9.17) is 14.7 Å². The van der Waals surface area contributed by atoms with Gasteiger partial charge in [-0.1, -0.05) is 0 Å². The number of aliphatic hydroxyl groups is 1. The number of aliphatic hydroxyl groups excluding tert-OH is 1. The summed E-state index contributed by atoms with van der Waals surface area (Å²) in [6, 6.07) is 0. The molecule has 0 fully saturated rings. The minimum atomic E-state index is 0.126. The molecule has 4 nitrogen and oxygen atoms in total. The van der Waals surface area contributed by atoms with Crippen LogP contribution in [0.4, 0.5) is 0 Å². The van der Waals surface area contributed by atoms with E-state index >= 15 is 0 Å². The molecule has 0 aromatic rings. The summed E-state index contributed by atoms with van der Waals surface area (Å²) in [5, 5.41) is 10.3. The lowest BCUT2D eigenvalue weighted by Gasteiger charge is -2.17. The summed E-state index contributed by atoms with van der Waals surface area (Å²) in [5.41, 5.74) is 0. The Morgan fingerprint density at radius 2 is 2.00 bits per heavy atom. The SMILES string of the molecule is COCCCN(CCO)OC. The van der Waals surface area contributed by atoms with Gasteiger partial charge in [0.05, 0.1) is 13.7 Å². The van der Waals surface area contributed by atoms with Crippen molar-refractivity contribution < 1.29 is 14.7 Å². The van der Waals surface area contributed by atoms with Gasteiger partial charge < -0.3 is 14.7 Å². The van der Waals surface area contributed by atoms with Crippen LogP contribution in [0.5, 0.6) is 0 Å². The molecule has 0 aromatic carbocycles. The molecule has 11 heavy (non-hydrogen) atoms. The number of hydroxylamine groups is 2. The Bertz CT molecular complexity index is 80.1. The zero-order chi connectivity index (χ0) is 8.53. The molecule has 0 atom stereocenters. The lowest BCUT2D eigenvalue weighted by molar-refractivity contribution is -0.138. The molecule has 0 saturated carbocycles. The molecular formula is C7H17NO3. The van der Waals surface area contributed by atoms with Gasteiger partial charge in [0, 0.05) is 26.8 Å². The fourth-order valence-electron chi connectivity index (χ4n) is 0.791. The van der Waals surface area contributed by atoms with E-state index in [0.717, 1.165) is 19.6 Å². The van der Waals surface area contributed by atoms with Gasteiger partial charge >= 0.3 is 0 Å². The van der Waals surface area contributed by atoms with Crippen molar-refractivity contribution in [3.8, 4) is 0 Å². The molecule has 1 N–H and O–H groups in total. The van der Waals surface area contributed by atoms with Crippen LogP contribution in [0.25, 0.3) is 0 Å². The number of ether oxygens (including phenoxy) is 1.